The number of carboxylic acid groups (broad SMARTS) is 1. The summed E-state index contributed by atoms with van der Waals surface area (Å²) in [5.74, 6) is 0.236. The molecule has 0 amide bonds. The van der Waals surface area contributed by atoms with Crippen molar-refractivity contribution >= 4 is 11.9 Å². The Morgan fingerprint density at radius 3 is 2.94 bits per heavy atom. The molecule has 0 saturated carbocycles. The van der Waals surface area contributed by atoms with E-state index >= 15 is 0 Å². The van der Waals surface area contributed by atoms with Crippen LogP contribution in [0.1, 0.15) is 37.2 Å². The quantitative estimate of drug-likeness (QED) is 0.846. The van der Waals surface area contributed by atoms with Gasteiger partial charge in [-0.05, 0) is 31.7 Å². The van der Waals surface area contributed by atoms with Crippen LogP contribution in [0.3, 0.4) is 0 Å². The van der Waals surface area contributed by atoms with Crippen LogP contribution in [0.5, 0.6) is 0 Å². The maximum absolute atomic E-state index is 10.9. The number of carbonyl (C=O) groups is 1. The van der Waals surface area contributed by atoms with Crippen LogP contribution in [0.15, 0.2) is 12.3 Å². The molecule has 1 aromatic rings. The van der Waals surface area contributed by atoms with E-state index in [0.29, 0.717) is 17.9 Å². The number of piperidine rings is 1. The van der Waals surface area contributed by atoms with Crippen molar-refractivity contribution in [2.24, 2.45) is 5.92 Å². The molecule has 2 rings (SSSR count). The first kappa shape index (κ1) is 11.8. The molecule has 2 heterocycles. The summed E-state index contributed by atoms with van der Waals surface area (Å²) >= 11 is 0. The first-order valence-corrected chi connectivity index (χ1v) is 5.91. The number of aromatic nitrogens is 2. The second-order valence-electron chi connectivity index (χ2n) is 4.72. The normalized spacial score (nSPS) is 24.7. The van der Waals surface area contributed by atoms with Crippen molar-refractivity contribution in [1.82, 2.24) is 9.97 Å². The Morgan fingerprint density at radius 1 is 1.53 bits per heavy atom. The number of hydrogen-bond donors (Lipinski definition) is 1. The predicted octanol–water partition coefficient (Wildman–Crippen LogP) is 1.80. The molecule has 2 atom stereocenters. The van der Waals surface area contributed by atoms with Crippen molar-refractivity contribution < 1.29 is 9.90 Å². The lowest BCUT2D eigenvalue weighted by molar-refractivity contribution is 0.0690. The molecule has 0 aromatic carbocycles. The van der Waals surface area contributed by atoms with Crippen LogP contribution >= 0.6 is 0 Å². The summed E-state index contributed by atoms with van der Waals surface area (Å²) in [6, 6.07) is 1.78. The van der Waals surface area contributed by atoms with E-state index in [1.807, 2.05) is 0 Å². The summed E-state index contributed by atoms with van der Waals surface area (Å²) in [6.45, 7) is 5.26. The summed E-state index contributed by atoms with van der Waals surface area (Å²) in [4.78, 5) is 21.2. The van der Waals surface area contributed by atoms with Crippen LogP contribution in [-0.2, 0) is 0 Å². The van der Waals surface area contributed by atoms with Gasteiger partial charge in [0.1, 0.15) is 0 Å². The molecule has 1 aliphatic rings. The molecule has 92 valence electrons. The minimum absolute atomic E-state index is 0.0563. The Balaban J connectivity index is 2.22. The first-order chi connectivity index (χ1) is 8.08. The smallest absolute Gasteiger partial charge is 0.354 e. The predicted molar refractivity (Wildman–Crippen MR) is 64.2 cm³/mol. The van der Waals surface area contributed by atoms with E-state index in [2.05, 4.69) is 28.7 Å². The number of hydrogen-bond acceptors (Lipinski definition) is 4. The molecule has 2 unspecified atom stereocenters. The fourth-order valence-electron chi connectivity index (χ4n) is 2.31. The Hall–Kier alpha value is -1.65. The van der Waals surface area contributed by atoms with Crippen molar-refractivity contribution in [3.05, 3.63) is 18.0 Å². The zero-order valence-corrected chi connectivity index (χ0v) is 10.1. The summed E-state index contributed by atoms with van der Waals surface area (Å²) < 4.78 is 0. The average molecular weight is 235 g/mol. The summed E-state index contributed by atoms with van der Waals surface area (Å²) in [6.07, 6.45) is 3.71. The minimum atomic E-state index is -1.01. The van der Waals surface area contributed by atoms with Gasteiger partial charge in [-0.15, -0.1) is 0 Å². The molecule has 1 aromatic heterocycles. The van der Waals surface area contributed by atoms with Gasteiger partial charge < -0.3 is 10.0 Å². The van der Waals surface area contributed by atoms with Crippen molar-refractivity contribution in [3.63, 3.8) is 0 Å². The van der Waals surface area contributed by atoms with E-state index in [-0.39, 0.29) is 5.69 Å². The van der Waals surface area contributed by atoms with Gasteiger partial charge in [-0.1, -0.05) is 6.92 Å². The highest BCUT2D eigenvalue weighted by atomic mass is 16.4. The van der Waals surface area contributed by atoms with Gasteiger partial charge in [0.25, 0.3) is 0 Å². The van der Waals surface area contributed by atoms with Gasteiger partial charge in [0.2, 0.25) is 5.95 Å². The molecular formula is C12H17N3O2. The van der Waals surface area contributed by atoms with E-state index in [1.165, 1.54) is 12.3 Å². The van der Waals surface area contributed by atoms with E-state index in [9.17, 15) is 4.79 Å². The van der Waals surface area contributed by atoms with Gasteiger partial charge in [0.15, 0.2) is 5.69 Å². The van der Waals surface area contributed by atoms with Gasteiger partial charge >= 0.3 is 5.97 Å². The largest absolute Gasteiger partial charge is 0.477 e. The molecular weight excluding hydrogens is 218 g/mol. The monoisotopic (exact) mass is 235 g/mol. The van der Waals surface area contributed by atoms with Gasteiger partial charge in [0.05, 0.1) is 0 Å². The summed E-state index contributed by atoms with van der Waals surface area (Å²) in [7, 11) is 0. The molecule has 0 bridgehead atoms. The topological polar surface area (TPSA) is 66.3 Å². The highest BCUT2D eigenvalue weighted by Crippen LogP contribution is 2.25. The Morgan fingerprint density at radius 2 is 2.29 bits per heavy atom. The van der Waals surface area contributed by atoms with E-state index in [1.54, 1.807) is 0 Å². The number of carboxylic acids is 1. The first-order valence-electron chi connectivity index (χ1n) is 5.91. The fourth-order valence-corrected chi connectivity index (χ4v) is 2.31. The third kappa shape index (κ3) is 2.54. The number of anilines is 1. The number of aromatic carboxylic acids is 1. The zero-order chi connectivity index (χ0) is 12.4. The Bertz CT molecular complexity index is 422. The lowest BCUT2D eigenvalue weighted by Crippen LogP contribution is -2.41. The molecule has 1 N–H and O–H groups in total. The fraction of sp³-hybridized carbons (Fsp3) is 0.583. The SMILES string of the molecule is CC1CCN(c2nccc(C(=O)O)n2)C(C)C1. The van der Waals surface area contributed by atoms with Gasteiger partial charge in [0, 0.05) is 18.8 Å². The van der Waals surface area contributed by atoms with E-state index in [0.717, 1.165) is 19.4 Å². The molecule has 0 aliphatic carbocycles. The third-order valence-corrected chi connectivity index (χ3v) is 3.26. The summed E-state index contributed by atoms with van der Waals surface area (Å²) in [5, 5.41) is 8.91. The Kier molecular flexibility index (Phi) is 3.26. The van der Waals surface area contributed by atoms with Crippen molar-refractivity contribution in [1.29, 1.82) is 0 Å². The van der Waals surface area contributed by atoms with E-state index in [4.69, 9.17) is 5.11 Å². The van der Waals surface area contributed by atoms with Crippen LogP contribution in [-0.4, -0.2) is 33.6 Å². The zero-order valence-electron chi connectivity index (χ0n) is 10.1. The lowest BCUT2D eigenvalue weighted by Gasteiger charge is -2.36. The molecule has 1 fully saturated rings. The molecule has 0 spiro atoms. The van der Waals surface area contributed by atoms with Crippen molar-refractivity contribution in [3.8, 4) is 0 Å². The standard InChI is InChI=1S/C12H17N3O2/c1-8-4-6-15(9(2)7-8)12-13-5-3-10(14-12)11(16)17/h3,5,8-9H,4,6-7H2,1-2H3,(H,16,17). The van der Waals surface area contributed by atoms with Gasteiger partial charge in [-0.25, -0.2) is 14.8 Å². The molecule has 17 heavy (non-hydrogen) atoms. The number of rotatable bonds is 2. The molecule has 1 aliphatic heterocycles. The van der Waals surface area contributed by atoms with Gasteiger partial charge in [-0.3, -0.25) is 0 Å². The van der Waals surface area contributed by atoms with Crippen LogP contribution in [0.2, 0.25) is 0 Å². The Labute approximate surface area is 100 Å². The second-order valence-corrected chi connectivity index (χ2v) is 4.72. The molecule has 1 saturated heterocycles. The molecule has 5 nitrogen and oxygen atoms in total. The van der Waals surface area contributed by atoms with Crippen LogP contribution in [0, 0.1) is 5.92 Å². The average Bonchev–Trinajstić information content (AvgIpc) is 2.29. The van der Waals surface area contributed by atoms with Crippen LogP contribution in [0.25, 0.3) is 0 Å². The highest BCUT2D eigenvalue weighted by Gasteiger charge is 2.25. The highest BCUT2D eigenvalue weighted by molar-refractivity contribution is 5.85. The van der Waals surface area contributed by atoms with Crippen molar-refractivity contribution in [2.45, 2.75) is 32.7 Å². The van der Waals surface area contributed by atoms with Gasteiger partial charge in [-0.2, -0.15) is 0 Å². The van der Waals surface area contributed by atoms with Crippen LogP contribution < -0.4 is 4.90 Å². The third-order valence-electron chi connectivity index (χ3n) is 3.26. The van der Waals surface area contributed by atoms with Crippen LogP contribution in [0.4, 0.5) is 5.95 Å². The van der Waals surface area contributed by atoms with Crippen molar-refractivity contribution in [2.75, 3.05) is 11.4 Å². The minimum Gasteiger partial charge on any atom is -0.477 e. The maximum Gasteiger partial charge on any atom is 0.354 e. The second kappa shape index (κ2) is 4.69. The van der Waals surface area contributed by atoms with E-state index < -0.39 is 5.97 Å². The maximum atomic E-state index is 10.9. The lowest BCUT2D eigenvalue weighted by atomic mass is 9.94. The summed E-state index contributed by atoms with van der Waals surface area (Å²) in [5.41, 5.74) is 0.0563. The molecule has 5 heteroatoms. The number of nitrogens with zero attached hydrogens (tertiary/aromatic N) is 3. The molecule has 0 radical (unpaired) electrons.